The predicted molar refractivity (Wildman–Crippen MR) is 129 cm³/mol. The van der Waals surface area contributed by atoms with Crippen LogP contribution in [-0.4, -0.2) is 50.5 Å². The van der Waals surface area contributed by atoms with Gasteiger partial charge < -0.3 is 19.5 Å². The first-order valence-electron chi connectivity index (χ1n) is 11.1. The number of methoxy groups -OCH3 is 3. The van der Waals surface area contributed by atoms with Gasteiger partial charge in [0.15, 0.2) is 0 Å². The van der Waals surface area contributed by atoms with Crippen molar-refractivity contribution in [3.8, 4) is 17.2 Å². The van der Waals surface area contributed by atoms with Gasteiger partial charge in [-0.2, -0.15) is 0 Å². The molecule has 8 heteroatoms. The number of amides is 3. The van der Waals surface area contributed by atoms with E-state index in [0.717, 1.165) is 5.56 Å². The number of hydrogen-bond acceptors (Lipinski definition) is 6. The van der Waals surface area contributed by atoms with Crippen LogP contribution in [0.4, 0.5) is 0 Å². The van der Waals surface area contributed by atoms with E-state index < -0.39 is 0 Å². The second-order valence-electron chi connectivity index (χ2n) is 7.96. The van der Waals surface area contributed by atoms with Gasteiger partial charge in [0, 0.05) is 12.6 Å². The second kappa shape index (κ2) is 10.3. The minimum atomic E-state index is -0.346. The summed E-state index contributed by atoms with van der Waals surface area (Å²) in [6, 6.07) is 17.3. The normalized spacial score (nSPS) is 12.4. The molecule has 0 aliphatic carbocycles. The van der Waals surface area contributed by atoms with Crippen molar-refractivity contribution in [2.75, 3.05) is 27.9 Å². The highest BCUT2D eigenvalue weighted by Gasteiger charge is 2.35. The third-order valence-electron chi connectivity index (χ3n) is 5.90. The SMILES string of the molecule is COc1ccc(CCNC(=O)c2cc(CN3C(=O)c4ccccc4C3=O)ccc2OC)c(OC)c1. The first-order chi connectivity index (χ1) is 17.0. The molecule has 0 atom stereocenters. The highest BCUT2D eigenvalue weighted by Crippen LogP contribution is 2.27. The van der Waals surface area contributed by atoms with E-state index >= 15 is 0 Å². The van der Waals surface area contributed by atoms with Gasteiger partial charge in [0.05, 0.1) is 44.6 Å². The molecular weight excluding hydrogens is 448 g/mol. The molecule has 0 saturated heterocycles. The molecule has 0 spiro atoms. The van der Waals surface area contributed by atoms with Crippen molar-refractivity contribution in [2.45, 2.75) is 13.0 Å². The van der Waals surface area contributed by atoms with Crippen LogP contribution < -0.4 is 19.5 Å². The third kappa shape index (κ3) is 4.82. The van der Waals surface area contributed by atoms with E-state index in [4.69, 9.17) is 14.2 Å². The van der Waals surface area contributed by atoms with Crippen molar-refractivity contribution in [2.24, 2.45) is 0 Å². The molecule has 1 aliphatic rings. The van der Waals surface area contributed by atoms with E-state index in [0.29, 0.717) is 52.5 Å². The molecule has 0 unspecified atom stereocenters. The number of fused-ring (bicyclic) bond motifs is 1. The summed E-state index contributed by atoms with van der Waals surface area (Å²) in [6.07, 6.45) is 0.552. The maximum Gasteiger partial charge on any atom is 0.261 e. The smallest absolute Gasteiger partial charge is 0.261 e. The van der Waals surface area contributed by atoms with Crippen molar-refractivity contribution < 1.29 is 28.6 Å². The van der Waals surface area contributed by atoms with Gasteiger partial charge in [-0.3, -0.25) is 19.3 Å². The minimum Gasteiger partial charge on any atom is -0.497 e. The van der Waals surface area contributed by atoms with Gasteiger partial charge in [0.2, 0.25) is 0 Å². The molecule has 3 aromatic rings. The van der Waals surface area contributed by atoms with Gasteiger partial charge in [-0.25, -0.2) is 0 Å². The van der Waals surface area contributed by atoms with Crippen LogP contribution in [0.2, 0.25) is 0 Å². The number of benzene rings is 3. The molecule has 35 heavy (non-hydrogen) atoms. The number of rotatable bonds is 9. The Morgan fingerprint density at radius 3 is 2.14 bits per heavy atom. The van der Waals surface area contributed by atoms with Crippen LogP contribution in [0.1, 0.15) is 42.2 Å². The Kier molecular flexibility index (Phi) is 7.01. The minimum absolute atomic E-state index is 0.0552. The Morgan fingerprint density at radius 1 is 0.829 bits per heavy atom. The summed E-state index contributed by atoms with van der Waals surface area (Å²) >= 11 is 0. The summed E-state index contributed by atoms with van der Waals surface area (Å²) in [5, 5.41) is 2.90. The maximum atomic E-state index is 13.0. The summed E-state index contributed by atoms with van der Waals surface area (Å²) in [4.78, 5) is 39.6. The average molecular weight is 475 g/mol. The molecule has 3 amide bonds. The number of nitrogens with one attached hydrogen (secondary N) is 1. The second-order valence-corrected chi connectivity index (χ2v) is 7.96. The molecule has 1 heterocycles. The van der Waals surface area contributed by atoms with Gasteiger partial charge in [-0.05, 0) is 47.9 Å². The molecular formula is C27H26N2O6. The average Bonchev–Trinajstić information content (AvgIpc) is 3.13. The fourth-order valence-electron chi connectivity index (χ4n) is 4.06. The van der Waals surface area contributed by atoms with E-state index in [2.05, 4.69) is 5.32 Å². The van der Waals surface area contributed by atoms with Gasteiger partial charge in [-0.15, -0.1) is 0 Å². The first kappa shape index (κ1) is 23.8. The monoisotopic (exact) mass is 474 g/mol. The first-order valence-corrected chi connectivity index (χ1v) is 11.1. The summed E-state index contributed by atoms with van der Waals surface area (Å²) in [6.45, 7) is 0.424. The van der Waals surface area contributed by atoms with Crippen molar-refractivity contribution in [3.63, 3.8) is 0 Å². The molecule has 3 aromatic carbocycles. The Labute approximate surface area is 203 Å². The molecule has 180 valence electrons. The fourth-order valence-corrected chi connectivity index (χ4v) is 4.06. The highest BCUT2D eigenvalue weighted by molar-refractivity contribution is 6.21. The Hall–Kier alpha value is -4.33. The zero-order valence-electron chi connectivity index (χ0n) is 19.8. The number of hydrogen-bond donors (Lipinski definition) is 1. The van der Waals surface area contributed by atoms with Gasteiger partial charge in [0.25, 0.3) is 17.7 Å². The van der Waals surface area contributed by atoms with E-state index in [1.165, 1.54) is 12.0 Å². The lowest BCUT2D eigenvalue weighted by Gasteiger charge is -2.16. The van der Waals surface area contributed by atoms with Crippen LogP contribution >= 0.6 is 0 Å². The number of imide groups is 1. The Morgan fingerprint density at radius 2 is 1.51 bits per heavy atom. The maximum absolute atomic E-state index is 13.0. The quantitative estimate of drug-likeness (QED) is 0.477. The van der Waals surface area contributed by atoms with E-state index in [1.54, 1.807) is 62.8 Å². The van der Waals surface area contributed by atoms with Gasteiger partial charge in [-0.1, -0.05) is 24.3 Å². The van der Waals surface area contributed by atoms with Crippen molar-refractivity contribution in [3.05, 3.63) is 88.5 Å². The lowest BCUT2D eigenvalue weighted by molar-refractivity contribution is 0.0642. The van der Waals surface area contributed by atoms with Crippen LogP contribution in [0.3, 0.4) is 0 Å². The molecule has 1 N–H and O–H groups in total. The van der Waals surface area contributed by atoms with Crippen LogP contribution in [-0.2, 0) is 13.0 Å². The van der Waals surface area contributed by atoms with Crippen LogP contribution in [0.5, 0.6) is 17.2 Å². The Balaban J connectivity index is 1.46. The summed E-state index contributed by atoms with van der Waals surface area (Å²) in [7, 11) is 4.66. The summed E-state index contributed by atoms with van der Waals surface area (Å²) < 4.78 is 16.0. The number of ether oxygens (including phenoxy) is 3. The van der Waals surface area contributed by atoms with Crippen molar-refractivity contribution in [1.82, 2.24) is 10.2 Å². The largest absolute Gasteiger partial charge is 0.497 e. The molecule has 0 bridgehead atoms. The predicted octanol–water partition coefficient (Wildman–Crippen LogP) is 3.48. The van der Waals surface area contributed by atoms with E-state index in [-0.39, 0.29) is 24.3 Å². The third-order valence-corrected chi connectivity index (χ3v) is 5.90. The molecule has 4 rings (SSSR count). The zero-order valence-corrected chi connectivity index (χ0v) is 19.8. The standard InChI is InChI=1S/C27H26N2O6/c1-33-19-10-9-18(24(15-19)35-3)12-13-28-25(30)22-14-17(8-11-23(22)34-2)16-29-26(31)20-6-4-5-7-21(20)27(29)32/h4-11,14-15H,12-13,16H2,1-3H3,(H,28,30). The Bertz CT molecular complexity index is 1250. The lowest BCUT2D eigenvalue weighted by Crippen LogP contribution is -2.29. The molecule has 8 nitrogen and oxygen atoms in total. The van der Waals surface area contributed by atoms with Gasteiger partial charge in [0.1, 0.15) is 17.2 Å². The fraction of sp³-hybridized carbons (Fsp3) is 0.222. The van der Waals surface area contributed by atoms with E-state index in [1.807, 2.05) is 12.1 Å². The van der Waals surface area contributed by atoms with Crippen molar-refractivity contribution >= 4 is 17.7 Å². The summed E-state index contributed by atoms with van der Waals surface area (Å²) in [5.41, 5.74) is 2.67. The lowest BCUT2D eigenvalue weighted by atomic mass is 10.1. The molecule has 0 saturated carbocycles. The number of carbonyl (C=O) groups is 3. The van der Waals surface area contributed by atoms with Crippen molar-refractivity contribution in [1.29, 1.82) is 0 Å². The molecule has 0 radical (unpaired) electrons. The summed E-state index contributed by atoms with van der Waals surface area (Å²) in [5.74, 6) is 0.754. The number of nitrogens with zero attached hydrogens (tertiary/aromatic N) is 1. The molecule has 0 fully saturated rings. The highest BCUT2D eigenvalue weighted by atomic mass is 16.5. The molecule has 1 aliphatic heterocycles. The van der Waals surface area contributed by atoms with Crippen LogP contribution in [0, 0.1) is 0 Å². The topological polar surface area (TPSA) is 94.2 Å². The van der Waals surface area contributed by atoms with Crippen LogP contribution in [0.25, 0.3) is 0 Å². The zero-order chi connectivity index (χ0) is 24.9. The number of carbonyl (C=O) groups excluding carboxylic acids is 3. The van der Waals surface area contributed by atoms with E-state index in [9.17, 15) is 14.4 Å². The van der Waals surface area contributed by atoms with Gasteiger partial charge >= 0.3 is 0 Å². The molecule has 0 aromatic heterocycles. The van der Waals surface area contributed by atoms with Crippen LogP contribution in [0.15, 0.2) is 60.7 Å².